The molecule has 102 valence electrons. The molecule has 0 radical (unpaired) electrons. The maximum Gasteiger partial charge on any atom is 0.314 e. The van der Waals surface area contributed by atoms with Crippen molar-refractivity contribution in [3.05, 3.63) is 55.0 Å². The first-order valence-corrected chi connectivity index (χ1v) is 6.85. The minimum Gasteiger partial charge on any atom is -0.380 e. The van der Waals surface area contributed by atoms with E-state index in [1.54, 1.807) is 23.5 Å². The number of H-pyrrole nitrogens is 2. The maximum absolute atomic E-state index is 11.3. The SMILES string of the molecule is Cc1ncc(CNc2ccc3[nH]c(=O)c(=O)[nH]c3c2)s1. The molecular formula is C13H12N4O2S. The molecule has 2 aromatic heterocycles. The van der Waals surface area contributed by atoms with Gasteiger partial charge >= 0.3 is 11.1 Å². The Bertz CT molecular complexity index is 878. The quantitative estimate of drug-likeness (QED) is 0.638. The lowest BCUT2D eigenvalue weighted by Crippen LogP contribution is -2.28. The van der Waals surface area contributed by atoms with E-state index in [1.165, 1.54) is 0 Å². The molecule has 0 saturated carbocycles. The lowest BCUT2D eigenvalue weighted by atomic mass is 10.2. The molecule has 7 heteroatoms. The van der Waals surface area contributed by atoms with Crippen LogP contribution in [0.1, 0.15) is 9.88 Å². The highest BCUT2D eigenvalue weighted by molar-refractivity contribution is 7.11. The molecule has 0 atom stereocenters. The number of rotatable bonds is 3. The molecule has 0 spiro atoms. The topological polar surface area (TPSA) is 90.6 Å². The number of nitrogens with zero attached hydrogens (tertiary/aromatic N) is 1. The molecule has 0 saturated heterocycles. The van der Waals surface area contributed by atoms with E-state index >= 15 is 0 Å². The van der Waals surface area contributed by atoms with Crippen LogP contribution in [0.3, 0.4) is 0 Å². The highest BCUT2D eigenvalue weighted by atomic mass is 32.1. The Balaban J connectivity index is 1.87. The monoisotopic (exact) mass is 288 g/mol. The lowest BCUT2D eigenvalue weighted by molar-refractivity contribution is 1.14. The smallest absolute Gasteiger partial charge is 0.314 e. The number of aromatic nitrogens is 3. The van der Waals surface area contributed by atoms with E-state index in [-0.39, 0.29) is 0 Å². The van der Waals surface area contributed by atoms with Crippen molar-refractivity contribution in [1.29, 1.82) is 0 Å². The van der Waals surface area contributed by atoms with Gasteiger partial charge in [0, 0.05) is 16.8 Å². The average molecular weight is 288 g/mol. The van der Waals surface area contributed by atoms with Crippen LogP contribution >= 0.6 is 11.3 Å². The second kappa shape index (κ2) is 4.93. The number of benzene rings is 1. The molecule has 3 rings (SSSR count). The molecule has 1 aromatic carbocycles. The van der Waals surface area contributed by atoms with E-state index in [2.05, 4.69) is 20.3 Å². The average Bonchev–Trinajstić information content (AvgIpc) is 2.84. The Morgan fingerprint density at radius 3 is 2.65 bits per heavy atom. The fourth-order valence-corrected chi connectivity index (χ4v) is 2.64. The summed E-state index contributed by atoms with van der Waals surface area (Å²) in [6.45, 7) is 2.63. The highest BCUT2D eigenvalue weighted by Gasteiger charge is 2.02. The van der Waals surface area contributed by atoms with Crippen molar-refractivity contribution < 1.29 is 0 Å². The van der Waals surface area contributed by atoms with Gasteiger partial charge in [0.2, 0.25) is 0 Å². The van der Waals surface area contributed by atoms with Crippen molar-refractivity contribution in [3.63, 3.8) is 0 Å². The summed E-state index contributed by atoms with van der Waals surface area (Å²) in [5, 5.41) is 4.29. The molecule has 20 heavy (non-hydrogen) atoms. The molecule has 3 aromatic rings. The molecule has 2 heterocycles. The first-order chi connectivity index (χ1) is 9.61. The van der Waals surface area contributed by atoms with Crippen LogP contribution in [0.15, 0.2) is 34.0 Å². The van der Waals surface area contributed by atoms with Crippen molar-refractivity contribution in [2.45, 2.75) is 13.5 Å². The van der Waals surface area contributed by atoms with Gasteiger partial charge in [-0.3, -0.25) is 9.59 Å². The van der Waals surface area contributed by atoms with E-state index in [0.717, 1.165) is 15.6 Å². The summed E-state index contributed by atoms with van der Waals surface area (Å²) < 4.78 is 0. The van der Waals surface area contributed by atoms with E-state index in [4.69, 9.17) is 0 Å². The van der Waals surface area contributed by atoms with Crippen LogP contribution in [0.25, 0.3) is 11.0 Å². The van der Waals surface area contributed by atoms with Crippen molar-refractivity contribution in [3.8, 4) is 0 Å². The second-order valence-corrected chi connectivity index (χ2v) is 5.69. The van der Waals surface area contributed by atoms with E-state index in [9.17, 15) is 9.59 Å². The van der Waals surface area contributed by atoms with E-state index in [0.29, 0.717) is 17.6 Å². The molecule has 0 bridgehead atoms. The van der Waals surface area contributed by atoms with Crippen LogP contribution in [0.4, 0.5) is 5.69 Å². The first kappa shape index (κ1) is 12.6. The zero-order valence-corrected chi connectivity index (χ0v) is 11.5. The number of thiazole rings is 1. The number of aromatic amines is 2. The van der Waals surface area contributed by atoms with Crippen LogP contribution in [0.2, 0.25) is 0 Å². The van der Waals surface area contributed by atoms with E-state index < -0.39 is 11.1 Å². The number of hydrogen-bond donors (Lipinski definition) is 3. The summed E-state index contributed by atoms with van der Waals surface area (Å²) in [7, 11) is 0. The molecule has 0 aliphatic rings. The van der Waals surface area contributed by atoms with Crippen LogP contribution in [0, 0.1) is 6.92 Å². The number of hydrogen-bond acceptors (Lipinski definition) is 5. The Morgan fingerprint density at radius 2 is 1.95 bits per heavy atom. The molecule has 0 unspecified atom stereocenters. The predicted molar refractivity (Wildman–Crippen MR) is 79.4 cm³/mol. The molecule has 0 aliphatic carbocycles. The van der Waals surface area contributed by atoms with Crippen molar-refractivity contribution in [2.75, 3.05) is 5.32 Å². The fraction of sp³-hybridized carbons (Fsp3) is 0.154. The van der Waals surface area contributed by atoms with Crippen LogP contribution in [-0.2, 0) is 6.54 Å². The van der Waals surface area contributed by atoms with Crippen LogP contribution < -0.4 is 16.4 Å². The summed E-state index contributed by atoms with van der Waals surface area (Å²) >= 11 is 1.64. The van der Waals surface area contributed by atoms with Crippen LogP contribution in [0.5, 0.6) is 0 Å². The van der Waals surface area contributed by atoms with Gasteiger partial charge in [0.15, 0.2) is 0 Å². The standard InChI is InChI=1S/C13H12N4O2S/c1-7-14-5-9(20-7)6-15-8-2-3-10-11(4-8)17-13(19)12(18)16-10/h2-5,15H,6H2,1H3,(H,16,18)(H,17,19). The van der Waals surface area contributed by atoms with Crippen molar-refractivity contribution >= 4 is 28.1 Å². The van der Waals surface area contributed by atoms with Gasteiger partial charge in [0.25, 0.3) is 0 Å². The number of nitrogens with one attached hydrogen (secondary N) is 3. The molecule has 0 amide bonds. The molecule has 0 aliphatic heterocycles. The first-order valence-electron chi connectivity index (χ1n) is 6.03. The molecular weight excluding hydrogens is 276 g/mol. The number of anilines is 1. The van der Waals surface area contributed by atoms with Gasteiger partial charge in [-0.2, -0.15) is 0 Å². The lowest BCUT2D eigenvalue weighted by Gasteiger charge is -2.05. The summed E-state index contributed by atoms with van der Waals surface area (Å²) in [5.74, 6) is 0. The third-order valence-corrected chi connectivity index (χ3v) is 3.77. The largest absolute Gasteiger partial charge is 0.380 e. The fourth-order valence-electron chi connectivity index (χ4n) is 1.90. The Morgan fingerprint density at radius 1 is 1.20 bits per heavy atom. The minimum absolute atomic E-state index is 0.597. The van der Waals surface area contributed by atoms with Crippen LogP contribution in [-0.4, -0.2) is 15.0 Å². The summed E-state index contributed by atoms with van der Waals surface area (Å²) in [5.41, 5.74) is 0.784. The van der Waals surface area contributed by atoms with Gasteiger partial charge in [0.1, 0.15) is 0 Å². The second-order valence-electron chi connectivity index (χ2n) is 4.37. The van der Waals surface area contributed by atoms with E-state index in [1.807, 2.05) is 19.2 Å². The van der Waals surface area contributed by atoms with Gasteiger partial charge in [0.05, 0.1) is 22.6 Å². The normalized spacial score (nSPS) is 10.8. The molecule has 3 N–H and O–H groups in total. The minimum atomic E-state index is -0.646. The molecule has 6 nitrogen and oxygen atoms in total. The van der Waals surface area contributed by atoms with Gasteiger partial charge in [-0.1, -0.05) is 0 Å². The Hall–Kier alpha value is -2.41. The maximum atomic E-state index is 11.3. The third-order valence-electron chi connectivity index (χ3n) is 2.86. The predicted octanol–water partition coefficient (Wildman–Crippen LogP) is 1.59. The summed E-state index contributed by atoms with van der Waals surface area (Å²) in [6.07, 6.45) is 1.84. The number of aryl methyl sites for hydroxylation is 1. The van der Waals surface area contributed by atoms with Gasteiger partial charge in [-0.25, -0.2) is 4.98 Å². The summed E-state index contributed by atoms with van der Waals surface area (Å²) in [6, 6.07) is 5.40. The summed E-state index contributed by atoms with van der Waals surface area (Å²) in [4.78, 5) is 32.9. The Kier molecular flexibility index (Phi) is 3.11. The van der Waals surface area contributed by atoms with Gasteiger partial charge < -0.3 is 15.3 Å². The van der Waals surface area contributed by atoms with Crippen molar-refractivity contribution in [2.24, 2.45) is 0 Å². The van der Waals surface area contributed by atoms with Crippen molar-refractivity contribution in [1.82, 2.24) is 15.0 Å². The third kappa shape index (κ3) is 2.48. The number of fused-ring (bicyclic) bond motifs is 1. The Labute approximate surface area is 117 Å². The van der Waals surface area contributed by atoms with Gasteiger partial charge in [-0.15, -0.1) is 11.3 Å². The van der Waals surface area contributed by atoms with Gasteiger partial charge in [-0.05, 0) is 25.1 Å². The highest BCUT2D eigenvalue weighted by Crippen LogP contribution is 2.17. The zero-order chi connectivity index (χ0) is 14.1. The zero-order valence-electron chi connectivity index (χ0n) is 10.7. The molecule has 0 fully saturated rings.